The Morgan fingerprint density at radius 3 is 2.54 bits per heavy atom. The number of hydrogen-bond acceptors (Lipinski definition) is 7. The highest BCUT2D eigenvalue weighted by atomic mass is 16.6. The van der Waals surface area contributed by atoms with Crippen molar-refractivity contribution in [1.29, 1.82) is 0 Å². The molecule has 1 saturated heterocycles. The number of piperidine rings is 1. The normalized spacial score (nSPS) is 15.8. The molecule has 0 saturated carbocycles. The van der Waals surface area contributed by atoms with Gasteiger partial charge in [0.1, 0.15) is 17.9 Å². The van der Waals surface area contributed by atoms with Crippen LogP contribution in [0, 0.1) is 10.1 Å². The molecular weight excluding hydrogens is 310 g/mol. The van der Waals surface area contributed by atoms with E-state index in [1.54, 1.807) is 0 Å². The number of aromatic nitrogens is 3. The number of hydrogen-bond donors (Lipinski definition) is 0. The van der Waals surface area contributed by atoms with E-state index in [1.165, 1.54) is 12.4 Å². The molecule has 1 aliphatic heterocycles. The van der Waals surface area contributed by atoms with Crippen LogP contribution in [0.1, 0.15) is 24.7 Å². The Labute approximate surface area is 137 Å². The van der Waals surface area contributed by atoms with Crippen LogP contribution in [0.2, 0.25) is 0 Å². The summed E-state index contributed by atoms with van der Waals surface area (Å²) in [5, 5.41) is 10.7. The van der Waals surface area contributed by atoms with Gasteiger partial charge in [0.15, 0.2) is 11.5 Å². The van der Waals surface area contributed by atoms with Gasteiger partial charge in [-0.1, -0.05) is 12.1 Å². The van der Waals surface area contributed by atoms with Crippen LogP contribution in [0.15, 0.2) is 41.1 Å². The second-order valence-corrected chi connectivity index (χ2v) is 5.78. The summed E-state index contributed by atoms with van der Waals surface area (Å²) in [7, 11) is 0. The van der Waals surface area contributed by atoms with Gasteiger partial charge < -0.3 is 9.32 Å². The standard InChI is InChI=1S/C16H15N5O3/c22-21(23)12-9-17-16(18-10-12)20-7-5-11(6-8-20)15-19-13-3-1-2-4-14(13)24-15/h1-4,9-11H,5-8H2. The monoisotopic (exact) mass is 325 g/mol. The van der Waals surface area contributed by atoms with E-state index in [0.717, 1.165) is 42.9 Å². The Balaban J connectivity index is 1.45. The smallest absolute Gasteiger partial charge is 0.305 e. The molecule has 2 aromatic heterocycles. The van der Waals surface area contributed by atoms with Crippen LogP contribution in [0.3, 0.4) is 0 Å². The average Bonchev–Trinajstić information content (AvgIpc) is 3.06. The molecule has 3 heterocycles. The van der Waals surface area contributed by atoms with E-state index in [2.05, 4.69) is 15.0 Å². The number of nitro groups is 1. The van der Waals surface area contributed by atoms with Gasteiger partial charge >= 0.3 is 5.69 Å². The van der Waals surface area contributed by atoms with E-state index >= 15 is 0 Å². The van der Waals surface area contributed by atoms with Gasteiger partial charge in [-0.2, -0.15) is 0 Å². The lowest BCUT2D eigenvalue weighted by atomic mass is 9.97. The maximum atomic E-state index is 10.7. The number of para-hydroxylation sites is 2. The number of nitrogens with zero attached hydrogens (tertiary/aromatic N) is 5. The highest BCUT2D eigenvalue weighted by Crippen LogP contribution is 2.31. The van der Waals surface area contributed by atoms with E-state index in [1.807, 2.05) is 29.2 Å². The highest BCUT2D eigenvalue weighted by Gasteiger charge is 2.26. The van der Waals surface area contributed by atoms with Crippen LogP contribution in [-0.2, 0) is 0 Å². The van der Waals surface area contributed by atoms with Crippen molar-refractivity contribution in [3.63, 3.8) is 0 Å². The molecule has 4 rings (SSSR count). The first-order valence-electron chi connectivity index (χ1n) is 7.77. The quantitative estimate of drug-likeness (QED) is 0.539. The molecule has 0 aliphatic carbocycles. The molecule has 8 heteroatoms. The van der Waals surface area contributed by atoms with Crippen molar-refractivity contribution in [2.24, 2.45) is 0 Å². The predicted octanol–water partition coefficient (Wildman–Crippen LogP) is 2.91. The first kappa shape index (κ1) is 14.6. The van der Waals surface area contributed by atoms with Gasteiger partial charge in [-0.15, -0.1) is 0 Å². The van der Waals surface area contributed by atoms with Crippen LogP contribution < -0.4 is 4.90 Å². The molecule has 0 N–H and O–H groups in total. The molecule has 0 atom stereocenters. The lowest BCUT2D eigenvalue weighted by Crippen LogP contribution is -2.34. The Bertz CT molecular complexity index is 836. The summed E-state index contributed by atoms with van der Waals surface area (Å²) in [6.07, 6.45) is 4.25. The third kappa shape index (κ3) is 2.66. The summed E-state index contributed by atoms with van der Waals surface area (Å²) < 4.78 is 5.85. The fourth-order valence-corrected chi connectivity index (χ4v) is 2.96. The summed E-state index contributed by atoms with van der Waals surface area (Å²) in [6.45, 7) is 1.53. The van der Waals surface area contributed by atoms with E-state index in [-0.39, 0.29) is 11.6 Å². The summed E-state index contributed by atoms with van der Waals surface area (Å²) in [5.41, 5.74) is 1.60. The molecule has 0 unspecified atom stereocenters. The Morgan fingerprint density at radius 1 is 1.17 bits per heavy atom. The lowest BCUT2D eigenvalue weighted by Gasteiger charge is -2.30. The number of oxazole rings is 1. The van der Waals surface area contributed by atoms with Gasteiger partial charge in [0.25, 0.3) is 0 Å². The average molecular weight is 325 g/mol. The molecule has 0 amide bonds. The third-order valence-corrected chi connectivity index (χ3v) is 4.27. The third-order valence-electron chi connectivity index (χ3n) is 4.27. The predicted molar refractivity (Wildman–Crippen MR) is 86.9 cm³/mol. The van der Waals surface area contributed by atoms with Crippen molar-refractivity contribution >= 4 is 22.7 Å². The molecule has 8 nitrogen and oxygen atoms in total. The van der Waals surface area contributed by atoms with Crippen LogP contribution >= 0.6 is 0 Å². The maximum Gasteiger partial charge on any atom is 0.305 e. The van der Waals surface area contributed by atoms with Crippen molar-refractivity contribution in [3.8, 4) is 0 Å². The number of rotatable bonds is 3. The molecule has 3 aromatic rings. The second-order valence-electron chi connectivity index (χ2n) is 5.78. The largest absolute Gasteiger partial charge is 0.440 e. The van der Waals surface area contributed by atoms with E-state index in [0.29, 0.717) is 5.95 Å². The van der Waals surface area contributed by atoms with Crippen molar-refractivity contribution in [2.45, 2.75) is 18.8 Å². The Kier molecular flexibility index (Phi) is 3.56. The zero-order chi connectivity index (χ0) is 16.5. The molecule has 0 spiro atoms. The van der Waals surface area contributed by atoms with Crippen LogP contribution in [0.5, 0.6) is 0 Å². The van der Waals surface area contributed by atoms with E-state index < -0.39 is 4.92 Å². The maximum absolute atomic E-state index is 10.7. The Morgan fingerprint density at radius 2 is 1.88 bits per heavy atom. The van der Waals surface area contributed by atoms with Gasteiger partial charge in [0.05, 0.1) is 4.92 Å². The zero-order valence-corrected chi connectivity index (χ0v) is 12.8. The molecule has 1 fully saturated rings. The Hall–Kier alpha value is -3.03. The molecule has 24 heavy (non-hydrogen) atoms. The van der Waals surface area contributed by atoms with E-state index in [4.69, 9.17) is 4.42 Å². The topological polar surface area (TPSA) is 98.2 Å². The molecule has 1 aliphatic rings. The summed E-state index contributed by atoms with van der Waals surface area (Å²) in [4.78, 5) is 24.9. The minimum absolute atomic E-state index is 0.0971. The van der Waals surface area contributed by atoms with Gasteiger partial charge in [-0.3, -0.25) is 10.1 Å². The van der Waals surface area contributed by atoms with Crippen LogP contribution in [-0.4, -0.2) is 33.0 Å². The van der Waals surface area contributed by atoms with E-state index in [9.17, 15) is 10.1 Å². The van der Waals surface area contributed by atoms with Crippen molar-refractivity contribution in [2.75, 3.05) is 18.0 Å². The molecular formula is C16H15N5O3. The van der Waals surface area contributed by atoms with Gasteiger partial charge in [0.2, 0.25) is 5.95 Å². The molecule has 1 aromatic carbocycles. The minimum Gasteiger partial charge on any atom is -0.440 e. The minimum atomic E-state index is -0.497. The van der Waals surface area contributed by atoms with Crippen LogP contribution in [0.4, 0.5) is 11.6 Å². The van der Waals surface area contributed by atoms with Gasteiger partial charge in [-0.25, -0.2) is 15.0 Å². The van der Waals surface area contributed by atoms with Crippen molar-refractivity contribution in [1.82, 2.24) is 15.0 Å². The molecule has 0 bridgehead atoms. The summed E-state index contributed by atoms with van der Waals surface area (Å²) in [6, 6.07) is 7.75. The fourth-order valence-electron chi connectivity index (χ4n) is 2.96. The van der Waals surface area contributed by atoms with Crippen molar-refractivity contribution < 1.29 is 9.34 Å². The van der Waals surface area contributed by atoms with Crippen molar-refractivity contribution in [3.05, 3.63) is 52.7 Å². The number of fused-ring (bicyclic) bond motifs is 1. The first-order valence-corrected chi connectivity index (χ1v) is 7.77. The van der Waals surface area contributed by atoms with Gasteiger partial charge in [-0.05, 0) is 25.0 Å². The number of anilines is 1. The number of benzene rings is 1. The second kappa shape index (κ2) is 5.88. The first-order chi connectivity index (χ1) is 11.7. The molecule has 122 valence electrons. The lowest BCUT2D eigenvalue weighted by molar-refractivity contribution is -0.385. The van der Waals surface area contributed by atoms with Crippen LogP contribution in [0.25, 0.3) is 11.1 Å². The zero-order valence-electron chi connectivity index (χ0n) is 12.8. The molecule has 0 radical (unpaired) electrons. The summed E-state index contributed by atoms with van der Waals surface area (Å²) >= 11 is 0. The fraction of sp³-hybridized carbons (Fsp3) is 0.312. The summed E-state index contributed by atoms with van der Waals surface area (Å²) in [5.74, 6) is 1.57. The van der Waals surface area contributed by atoms with Gasteiger partial charge in [0, 0.05) is 19.0 Å². The SMILES string of the molecule is O=[N+]([O-])c1cnc(N2CCC(c3nc4ccccc4o3)CC2)nc1. The highest BCUT2D eigenvalue weighted by molar-refractivity contribution is 5.72.